The van der Waals surface area contributed by atoms with Gasteiger partial charge in [-0.15, -0.1) is 0 Å². The number of hydrogen-bond acceptors (Lipinski definition) is 7. The molecule has 2 rings (SSSR count). The maximum atomic E-state index is 14.5. The van der Waals surface area contributed by atoms with E-state index in [9.17, 15) is 9.18 Å². The van der Waals surface area contributed by atoms with Crippen LogP contribution in [-0.2, 0) is 16.0 Å². The Morgan fingerprint density at radius 1 is 1.00 bits per heavy atom. The van der Waals surface area contributed by atoms with E-state index in [-0.39, 0.29) is 30.2 Å². The zero-order valence-electron chi connectivity index (χ0n) is 16.3. The molecule has 0 saturated heterocycles. The highest BCUT2D eigenvalue weighted by molar-refractivity contribution is 5.96. The highest BCUT2D eigenvalue weighted by Gasteiger charge is 2.20. The molecule has 8 heteroatoms. The predicted molar refractivity (Wildman–Crippen MR) is 102 cm³/mol. The van der Waals surface area contributed by atoms with E-state index in [2.05, 4.69) is 5.32 Å². The molecule has 0 aromatic heterocycles. The summed E-state index contributed by atoms with van der Waals surface area (Å²) in [5.41, 5.74) is 0.844. The molecule has 0 unspecified atom stereocenters. The van der Waals surface area contributed by atoms with Crippen molar-refractivity contribution >= 4 is 11.7 Å². The Labute approximate surface area is 163 Å². The Morgan fingerprint density at radius 2 is 1.79 bits per heavy atom. The molecule has 0 bridgehead atoms. The molecule has 0 aliphatic rings. The van der Waals surface area contributed by atoms with Crippen molar-refractivity contribution in [2.75, 3.05) is 47.0 Å². The number of ether oxygens (including phenoxy) is 5. The minimum absolute atomic E-state index is 0.200. The van der Waals surface area contributed by atoms with E-state index in [1.807, 2.05) is 6.07 Å². The topological polar surface area (TPSA) is 75.3 Å². The fraction of sp³-hybridized carbons (Fsp3) is 0.350. The summed E-state index contributed by atoms with van der Waals surface area (Å²) < 4.78 is 40.2. The van der Waals surface area contributed by atoms with Crippen molar-refractivity contribution in [2.45, 2.75) is 6.54 Å². The Balaban J connectivity index is 2.30. The molecule has 0 atom stereocenters. The van der Waals surface area contributed by atoms with Gasteiger partial charge in [0.2, 0.25) is 0 Å². The van der Waals surface area contributed by atoms with Gasteiger partial charge in [-0.1, -0.05) is 0 Å². The summed E-state index contributed by atoms with van der Waals surface area (Å²) in [5, 5.41) is 3.06. The van der Waals surface area contributed by atoms with Crippen LogP contribution >= 0.6 is 0 Å². The first-order valence-corrected chi connectivity index (χ1v) is 8.52. The van der Waals surface area contributed by atoms with Crippen molar-refractivity contribution in [3.05, 3.63) is 47.3 Å². The van der Waals surface area contributed by atoms with Crippen LogP contribution in [0.25, 0.3) is 0 Å². The van der Waals surface area contributed by atoms with Crippen molar-refractivity contribution in [1.29, 1.82) is 0 Å². The van der Waals surface area contributed by atoms with Crippen LogP contribution in [0.3, 0.4) is 0 Å². The molecule has 2 aromatic rings. The van der Waals surface area contributed by atoms with Crippen molar-refractivity contribution in [3.8, 4) is 17.2 Å². The van der Waals surface area contributed by atoms with Crippen LogP contribution in [0, 0.1) is 5.82 Å². The SMILES string of the molecule is COCCOc1cc(F)c(C(=O)OC)c(NCc2ccc(OC)cc2OC)c1. The minimum atomic E-state index is -0.787. The summed E-state index contributed by atoms with van der Waals surface area (Å²) in [5.74, 6) is -0.0163. The molecule has 2 aromatic carbocycles. The average Bonchev–Trinajstić information content (AvgIpc) is 2.71. The molecule has 152 valence electrons. The first-order valence-electron chi connectivity index (χ1n) is 8.52. The number of anilines is 1. The van der Waals surface area contributed by atoms with Crippen molar-refractivity contribution in [2.24, 2.45) is 0 Å². The Kier molecular flexibility index (Phi) is 7.88. The lowest BCUT2D eigenvalue weighted by Gasteiger charge is -2.16. The number of esters is 1. The maximum Gasteiger partial charge on any atom is 0.342 e. The van der Waals surface area contributed by atoms with E-state index in [1.54, 1.807) is 39.5 Å². The molecular weight excluding hydrogens is 369 g/mol. The van der Waals surface area contributed by atoms with E-state index in [0.29, 0.717) is 18.1 Å². The molecule has 0 fully saturated rings. The zero-order valence-corrected chi connectivity index (χ0v) is 16.3. The lowest BCUT2D eigenvalue weighted by atomic mass is 10.1. The smallest absolute Gasteiger partial charge is 0.342 e. The van der Waals surface area contributed by atoms with Crippen molar-refractivity contribution in [1.82, 2.24) is 0 Å². The van der Waals surface area contributed by atoms with Gasteiger partial charge in [0.15, 0.2) is 0 Å². The number of hydrogen-bond donors (Lipinski definition) is 1. The zero-order chi connectivity index (χ0) is 20.5. The second kappa shape index (κ2) is 10.4. The molecule has 0 saturated carbocycles. The van der Waals surface area contributed by atoms with Gasteiger partial charge >= 0.3 is 5.97 Å². The first kappa shape index (κ1) is 21.3. The first-order chi connectivity index (χ1) is 13.5. The minimum Gasteiger partial charge on any atom is -0.497 e. The van der Waals surface area contributed by atoms with Gasteiger partial charge in [0.25, 0.3) is 0 Å². The van der Waals surface area contributed by atoms with Gasteiger partial charge in [0, 0.05) is 37.4 Å². The van der Waals surface area contributed by atoms with Crippen LogP contribution in [0.1, 0.15) is 15.9 Å². The molecule has 7 nitrogen and oxygen atoms in total. The van der Waals surface area contributed by atoms with Crippen molar-refractivity contribution in [3.63, 3.8) is 0 Å². The van der Waals surface area contributed by atoms with E-state index in [1.165, 1.54) is 7.11 Å². The van der Waals surface area contributed by atoms with Gasteiger partial charge in [0.05, 0.1) is 33.6 Å². The summed E-state index contributed by atoms with van der Waals surface area (Å²) in [4.78, 5) is 12.0. The highest BCUT2D eigenvalue weighted by atomic mass is 19.1. The van der Waals surface area contributed by atoms with E-state index < -0.39 is 11.8 Å². The quantitative estimate of drug-likeness (QED) is 0.490. The molecule has 1 N–H and O–H groups in total. The summed E-state index contributed by atoms with van der Waals surface area (Å²) in [6.45, 7) is 0.879. The number of nitrogens with one attached hydrogen (secondary N) is 1. The molecule has 0 heterocycles. The molecule has 28 heavy (non-hydrogen) atoms. The second-order valence-electron chi connectivity index (χ2n) is 5.69. The van der Waals surface area contributed by atoms with Gasteiger partial charge in [-0.2, -0.15) is 0 Å². The van der Waals surface area contributed by atoms with Gasteiger partial charge < -0.3 is 29.0 Å². The average molecular weight is 393 g/mol. The molecule has 0 aliphatic carbocycles. The fourth-order valence-corrected chi connectivity index (χ4v) is 2.55. The third-order valence-corrected chi connectivity index (χ3v) is 3.97. The van der Waals surface area contributed by atoms with Crippen LogP contribution in [-0.4, -0.2) is 47.6 Å². The monoisotopic (exact) mass is 393 g/mol. The van der Waals surface area contributed by atoms with Crippen LogP contribution in [0.15, 0.2) is 30.3 Å². The van der Waals surface area contributed by atoms with Gasteiger partial charge in [-0.25, -0.2) is 9.18 Å². The van der Waals surface area contributed by atoms with Crippen LogP contribution in [0.2, 0.25) is 0 Å². The summed E-state index contributed by atoms with van der Waals surface area (Å²) >= 11 is 0. The van der Waals surface area contributed by atoms with Crippen LogP contribution in [0.4, 0.5) is 10.1 Å². The lowest BCUT2D eigenvalue weighted by Crippen LogP contribution is -2.12. The second-order valence-corrected chi connectivity index (χ2v) is 5.69. The van der Waals surface area contributed by atoms with Gasteiger partial charge in [0.1, 0.15) is 35.2 Å². The van der Waals surface area contributed by atoms with E-state index >= 15 is 0 Å². The summed E-state index contributed by atoms with van der Waals surface area (Å²) in [6, 6.07) is 8.02. The third-order valence-electron chi connectivity index (χ3n) is 3.97. The molecule has 0 amide bonds. The van der Waals surface area contributed by atoms with E-state index in [4.69, 9.17) is 23.7 Å². The standard InChI is InChI=1S/C20H24FNO6/c1-24-7-8-28-15-9-16(21)19(20(23)27-4)17(10-15)22-12-13-5-6-14(25-2)11-18(13)26-3/h5-6,9-11,22H,7-8,12H2,1-4H3. The number of rotatable bonds is 10. The molecule has 0 radical (unpaired) electrons. The van der Waals surface area contributed by atoms with Gasteiger partial charge in [-0.05, 0) is 12.1 Å². The molecular formula is C20H24FNO6. The van der Waals surface area contributed by atoms with Gasteiger partial charge in [-0.3, -0.25) is 0 Å². The lowest BCUT2D eigenvalue weighted by molar-refractivity contribution is 0.0596. The molecule has 0 spiro atoms. The number of methoxy groups -OCH3 is 4. The Morgan fingerprint density at radius 3 is 2.43 bits per heavy atom. The largest absolute Gasteiger partial charge is 0.497 e. The Bertz CT molecular complexity index is 812. The third kappa shape index (κ3) is 5.26. The summed E-state index contributed by atoms with van der Waals surface area (Å²) in [6.07, 6.45) is 0. The predicted octanol–water partition coefficient (Wildman–Crippen LogP) is 3.27. The fourth-order valence-electron chi connectivity index (χ4n) is 2.55. The number of carbonyl (C=O) groups excluding carboxylic acids is 1. The summed E-state index contributed by atoms with van der Waals surface area (Å²) in [7, 11) is 5.84. The molecule has 0 aliphatic heterocycles. The number of halogens is 1. The number of carbonyl (C=O) groups is 1. The highest BCUT2D eigenvalue weighted by Crippen LogP contribution is 2.29. The van der Waals surface area contributed by atoms with Crippen LogP contribution in [0.5, 0.6) is 17.2 Å². The van der Waals surface area contributed by atoms with E-state index in [0.717, 1.165) is 11.6 Å². The normalized spacial score (nSPS) is 10.3. The maximum absolute atomic E-state index is 14.5. The van der Waals surface area contributed by atoms with Crippen molar-refractivity contribution < 1.29 is 32.9 Å². The number of benzene rings is 2. The Hall–Kier alpha value is -3.00. The van der Waals surface area contributed by atoms with Crippen LogP contribution < -0.4 is 19.5 Å².